The second kappa shape index (κ2) is 7.04. The molecule has 110 valence electrons. The Morgan fingerprint density at radius 3 is 2.95 bits per heavy atom. The molecule has 0 aliphatic carbocycles. The van der Waals surface area contributed by atoms with Gasteiger partial charge in [-0.05, 0) is 70.7 Å². The minimum absolute atomic E-state index is 0.869. The standard InChI is InChI=1S/C16H25N3S/c1-13-7-8-15-14(12-13)6-4-11-19(15)16(20)17-9-5-10-18(2)3/h7-8,12H,4-6,9-11H2,1-3H3,(H,17,20). The predicted octanol–water partition coefficient (Wildman–Crippen LogP) is 2.57. The molecule has 0 saturated heterocycles. The molecule has 0 aromatic heterocycles. The number of anilines is 1. The molecule has 1 aromatic rings. The molecule has 4 heteroatoms. The fourth-order valence-corrected chi connectivity index (χ4v) is 2.91. The maximum absolute atomic E-state index is 5.56. The molecule has 0 amide bonds. The summed E-state index contributed by atoms with van der Waals surface area (Å²) in [5.41, 5.74) is 4.04. The van der Waals surface area contributed by atoms with E-state index in [0.29, 0.717) is 0 Å². The number of hydrogen-bond donors (Lipinski definition) is 1. The predicted molar refractivity (Wildman–Crippen MR) is 90.6 cm³/mol. The second-order valence-electron chi connectivity index (χ2n) is 5.78. The molecule has 0 spiro atoms. The van der Waals surface area contributed by atoms with Gasteiger partial charge in [0.05, 0.1) is 0 Å². The SMILES string of the molecule is Cc1ccc2c(c1)CCCN2C(=S)NCCCN(C)C. The van der Waals surface area contributed by atoms with E-state index in [4.69, 9.17) is 12.2 Å². The summed E-state index contributed by atoms with van der Waals surface area (Å²) in [6.45, 7) is 5.20. The van der Waals surface area contributed by atoms with Gasteiger partial charge in [-0.25, -0.2) is 0 Å². The lowest BCUT2D eigenvalue weighted by molar-refractivity contribution is 0.400. The summed E-state index contributed by atoms with van der Waals surface area (Å²) in [7, 11) is 4.20. The number of nitrogens with one attached hydrogen (secondary N) is 1. The largest absolute Gasteiger partial charge is 0.362 e. The lowest BCUT2D eigenvalue weighted by Gasteiger charge is -2.32. The van der Waals surface area contributed by atoms with E-state index in [2.05, 4.69) is 54.3 Å². The van der Waals surface area contributed by atoms with Crippen LogP contribution < -0.4 is 10.2 Å². The van der Waals surface area contributed by atoms with E-state index in [-0.39, 0.29) is 0 Å². The van der Waals surface area contributed by atoms with Gasteiger partial charge in [-0.2, -0.15) is 0 Å². The number of nitrogens with zero attached hydrogens (tertiary/aromatic N) is 2. The zero-order valence-corrected chi connectivity index (χ0v) is 13.6. The van der Waals surface area contributed by atoms with Crippen LogP contribution in [-0.2, 0) is 6.42 Å². The van der Waals surface area contributed by atoms with Crippen molar-refractivity contribution in [1.82, 2.24) is 10.2 Å². The van der Waals surface area contributed by atoms with Crippen molar-refractivity contribution in [3.8, 4) is 0 Å². The van der Waals surface area contributed by atoms with Gasteiger partial charge >= 0.3 is 0 Å². The Bertz CT molecular complexity index is 471. The fraction of sp³-hybridized carbons (Fsp3) is 0.562. The van der Waals surface area contributed by atoms with Crippen LogP contribution in [0.3, 0.4) is 0 Å². The van der Waals surface area contributed by atoms with E-state index < -0.39 is 0 Å². The number of fused-ring (bicyclic) bond motifs is 1. The molecular weight excluding hydrogens is 266 g/mol. The van der Waals surface area contributed by atoms with E-state index >= 15 is 0 Å². The topological polar surface area (TPSA) is 18.5 Å². The normalized spacial score (nSPS) is 14.3. The van der Waals surface area contributed by atoms with Crippen molar-refractivity contribution in [2.24, 2.45) is 0 Å². The lowest BCUT2D eigenvalue weighted by Crippen LogP contribution is -2.43. The highest BCUT2D eigenvalue weighted by Crippen LogP contribution is 2.27. The van der Waals surface area contributed by atoms with Gasteiger partial charge in [-0.15, -0.1) is 0 Å². The Morgan fingerprint density at radius 1 is 1.40 bits per heavy atom. The summed E-state index contributed by atoms with van der Waals surface area (Å²) in [6.07, 6.45) is 3.45. The Balaban J connectivity index is 1.95. The van der Waals surface area contributed by atoms with Crippen LogP contribution in [0.25, 0.3) is 0 Å². The number of aryl methyl sites for hydroxylation is 2. The number of rotatable bonds is 4. The van der Waals surface area contributed by atoms with Crippen LogP contribution in [0.4, 0.5) is 5.69 Å². The zero-order chi connectivity index (χ0) is 14.5. The summed E-state index contributed by atoms with van der Waals surface area (Å²) < 4.78 is 0. The Labute approximate surface area is 128 Å². The van der Waals surface area contributed by atoms with Crippen molar-refractivity contribution in [2.75, 3.05) is 38.6 Å². The van der Waals surface area contributed by atoms with E-state index in [9.17, 15) is 0 Å². The maximum atomic E-state index is 5.56. The smallest absolute Gasteiger partial charge is 0.173 e. The van der Waals surface area contributed by atoms with Gasteiger partial charge in [0.1, 0.15) is 0 Å². The first kappa shape index (κ1) is 15.3. The van der Waals surface area contributed by atoms with E-state index in [0.717, 1.165) is 37.6 Å². The van der Waals surface area contributed by atoms with Crippen molar-refractivity contribution in [3.63, 3.8) is 0 Å². The van der Waals surface area contributed by atoms with Crippen LogP contribution >= 0.6 is 12.2 Å². The lowest BCUT2D eigenvalue weighted by atomic mass is 10.00. The molecular formula is C16H25N3S. The first-order valence-electron chi connectivity index (χ1n) is 7.37. The van der Waals surface area contributed by atoms with Gasteiger partial charge in [0, 0.05) is 18.8 Å². The third-order valence-corrected chi connectivity index (χ3v) is 4.02. The fourth-order valence-electron chi connectivity index (χ4n) is 2.62. The highest BCUT2D eigenvalue weighted by atomic mass is 32.1. The van der Waals surface area contributed by atoms with Crippen LogP contribution in [0.15, 0.2) is 18.2 Å². The Kier molecular flexibility index (Phi) is 5.38. The second-order valence-corrected chi connectivity index (χ2v) is 6.16. The summed E-state index contributed by atoms with van der Waals surface area (Å²) in [5.74, 6) is 0. The Hall–Kier alpha value is -1.13. The van der Waals surface area contributed by atoms with Crippen molar-refractivity contribution in [3.05, 3.63) is 29.3 Å². The van der Waals surface area contributed by atoms with E-state index in [1.54, 1.807) is 0 Å². The number of benzene rings is 1. The van der Waals surface area contributed by atoms with Crippen molar-refractivity contribution >= 4 is 23.0 Å². The average Bonchev–Trinajstić information content (AvgIpc) is 2.42. The maximum Gasteiger partial charge on any atom is 0.173 e. The van der Waals surface area contributed by atoms with Crippen LogP contribution in [0, 0.1) is 6.92 Å². The highest BCUT2D eigenvalue weighted by molar-refractivity contribution is 7.80. The van der Waals surface area contributed by atoms with Crippen molar-refractivity contribution in [1.29, 1.82) is 0 Å². The molecule has 0 bridgehead atoms. The third kappa shape index (κ3) is 3.93. The molecule has 0 saturated carbocycles. The molecule has 3 nitrogen and oxygen atoms in total. The monoisotopic (exact) mass is 291 g/mol. The number of thiocarbonyl (C=S) groups is 1. The summed E-state index contributed by atoms with van der Waals surface area (Å²) in [5, 5.41) is 4.26. The zero-order valence-electron chi connectivity index (χ0n) is 12.8. The van der Waals surface area contributed by atoms with E-state index in [1.807, 2.05) is 0 Å². The quantitative estimate of drug-likeness (QED) is 0.678. The highest BCUT2D eigenvalue weighted by Gasteiger charge is 2.19. The molecule has 1 aliphatic rings. The molecule has 1 aliphatic heterocycles. The molecule has 1 aromatic carbocycles. The first-order chi connectivity index (χ1) is 9.58. The minimum Gasteiger partial charge on any atom is -0.362 e. The molecule has 0 fully saturated rings. The van der Waals surface area contributed by atoms with E-state index in [1.165, 1.54) is 23.2 Å². The molecule has 0 radical (unpaired) electrons. The first-order valence-corrected chi connectivity index (χ1v) is 7.78. The molecule has 0 unspecified atom stereocenters. The van der Waals surface area contributed by atoms with Gasteiger partial charge in [0.15, 0.2) is 5.11 Å². The molecule has 1 N–H and O–H groups in total. The van der Waals surface area contributed by atoms with Gasteiger partial charge < -0.3 is 15.1 Å². The van der Waals surface area contributed by atoms with Crippen molar-refractivity contribution in [2.45, 2.75) is 26.2 Å². The van der Waals surface area contributed by atoms with Gasteiger partial charge in [-0.3, -0.25) is 0 Å². The van der Waals surface area contributed by atoms with Crippen LogP contribution in [-0.4, -0.2) is 43.7 Å². The number of hydrogen-bond acceptors (Lipinski definition) is 2. The molecule has 1 heterocycles. The van der Waals surface area contributed by atoms with Crippen molar-refractivity contribution < 1.29 is 0 Å². The van der Waals surface area contributed by atoms with Gasteiger partial charge in [-0.1, -0.05) is 17.7 Å². The summed E-state index contributed by atoms with van der Waals surface area (Å²) in [6, 6.07) is 6.67. The minimum atomic E-state index is 0.869. The molecule has 2 rings (SSSR count). The third-order valence-electron chi connectivity index (χ3n) is 3.66. The van der Waals surface area contributed by atoms with Crippen LogP contribution in [0.1, 0.15) is 24.0 Å². The Morgan fingerprint density at radius 2 is 2.20 bits per heavy atom. The summed E-state index contributed by atoms with van der Waals surface area (Å²) >= 11 is 5.56. The average molecular weight is 291 g/mol. The van der Waals surface area contributed by atoms with Crippen LogP contribution in [0.5, 0.6) is 0 Å². The van der Waals surface area contributed by atoms with Gasteiger partial charge in [0.25, 0.3) is 0 Å². The summed E-state index contributed by atoms with van der Waals surface area (Å²) in [4.78, 5) is 4.45. The van der Waals surface area contributed by atoms with Crippen LogP contribution in [0.2, 0.25) is 0 Å². The molecule has 0 atom stereocenters. The molecule has 20 heavy (non-hydrogen) atoms. The van der Waals surface area contributed by atoms with Gasteiger partial charge in [0.2, 0.25) is 0 Å².